The van der Waals surface area contributed by atoms with Crippen molar-refractivity contribution in [3.05, 3.63) is 66.2 Å². The number of hydrogen-bond donors (Lipinski definition) is 2. The van der Waals surface area contributed by atoms with Crippen molar-refractivity contribution in [2.75, 3.05) is 5.32 Å². The van der Waals surface area contributed by atoms with E-state index < -0.39 is 17.0 Å². The van der Waals surface area contributed by atoms with Crippen molar-refractivity contribution in [1.29, 1.82) is 0 Å². The normalized spacial score (nSPS) is 11.1. The number of amides is 1. The van der Waals surface area contributed by atoms with Crippen molar-refractivity contribution in [3.8, 4) is 11.3 Å². The van der Waals surface area contributed by atoms with Crippen LogP contribution in [-0.2, 0) is 11.3 Å². The van der Waals surface area contributed by atoms with Crippen LogP contribution in [0.1, 0.15) is 9.75 Å². The van der Waals surface area contributed by atoms with Gasteiger partial charge in [-0.25, -0.2) is 9.67 Å². The van der Waals surface area contributed by atoms with Gasteiger partial charge in [-0.05, 0) is 32.0 Å². The second-order valence-electron chi connectivity index (χ2n) is 6.29. The van der Waals surface area contributed by atoms with Crippen LogP contribution in [0.15, 0.2) is 45.3 Å². The molecule has 2 N–H and O–H groups in total. The van der Waals surface area contributed by atoms with Gasteiger partial charge in [-0.2, -0.15) is 0 Å². The molecular weight excluding hydrogens is 396 g/mol. The number of carbonyl (C=O) groups excluding carboxylic acids is 1. The van der Waals surface area contributed by atoms with Gasteiger partial charge in [0.05, 0.1) is 16.5 Å². The molecular formula is C19H16N4O3S2. The molecule has 0 atom stereocenters. The van der Waals surface area contributed by atoms with Gasteiger partial charge in [0, 0.05) is 20.7 Å². The number of aromatic nitrogens is 3. The van der Waals surface area contributed by atoms with Crippen LogP contribution < -0.4 is 16.4 Å². The molecule has 1 aromatic carbocycles. The predicted octanol–water partition coefficient (Wildman–Crippen LogP) is 3.13. The zero-order chi connectivity index (χ0) is 19.8. The standard InChI is InChI=1S/C19H16N4O3S2/c1-10-7-14(11(2)28-10)15-9-27-19(20-15)21-16(24)8-23-18(26)13-6-4-3-5-12(13)17(25)22-23/h3-7,9H,8H2,1-2H3,(H,22,25)(H,20,21,24). The van der Waals surface area contributed by atoms with Gasteiger partial charge < -0.3 is 5.32 Å². The first kappa shape index (κ1) is 18.3. The molecule has 0 spiro atoms. The second-order valence-corrected chi connectivity index (χ2v) is 8.61. The number of thiazole rings is 1. The molecule has 4 rings (SSSR count). The Morgan fingerprint density at radius 1 is 1.21 bits per heavy atom. The molecule has 3 aromatic heterocycles. The van der Waals surface area contributed by atoms with Crippen LogP contribution in [0, 0.1) is 13.8 Å². The fraction of sp³-hybridized carbons (Fsp3) is 0.158. The first-order valence-corrected chi connectivity index (χ1v) is 10.2. The van der Waals surface area contributed by atoms with Gasteiger partial charge in [0.2, 0.25) is 5.91 Å². The van der Waals surface area contributed by atoms with Crippen LogP contribution in [-0.4, -0.2) is 20.7 Å². The third-order valence-corrected chi connectivity index (χ3v) is 5.98. The SMILES string of the molecule is Cc1cc(-c2csc(NC(=O)Cn3[nH]c(=O)c4ccccc4c3=O)n2)c(C)s1. The topological polar surface area (TPSA) is 96.9 Å². The van der Waals surface area contributed by atoms with E-state index in [0.29, 0.717) is 10.5 Å². The van der Waals surface area contributed by atoms with Gasteiger partial charge in [0.15, 0.2) is 5.13 Å². The van der Waals surface area contributed by atoms with Crippen molar-refractivity contribution in [1.82, 2.24) is 14.8 Å². The molecule has 1 amide bonds. The lowest BCUT2D eigenvalue weighted by molar-refractivity contribution is -0.117. The van der Waals surface area contributed by atoms with Crippen molar-refractivity contribution < 1.29 is 4.79 Å². The molecule has 9 heteroatoms. The number of thiophene rings is 1. The van der Waals surface area contributed by atoms with Gasteiger partial charge in [-0.15, -0.1) is 22.7 Å². The number of anilines is 1. The quantitative estimate of drug-likeness (QED) is 0.538. The number of aromatic amines is 1. The fourth-order valence-corrected chi connectivity index (χ4v) is 4.66. The molecule has 7 nitrogen and oxygen atoms in total. The highest BCUT2D eigenvalue weighted by Gasteiger charge is 2.14. The van der Waals surface area contributed by atoms with E-state index in [-0.39, 0.29) is 11.9 Å². The number of aryl methyl sites for hydroxylation is 2. The van der Waals surface area contributed by atoms with E-state index >= 15 is 0 Å². The van der Waals surface area contributed by atoms with Crippen LogP contribution in [0.3, 0.4) is 0 Å². The van der Waals surface area contributed by atoms with E-state index in [0.717, 1.165) is 15.9 Å². The minimum absolute atomic E-state index is 0.277. The Bertz CT molecular complexity index is 1310. The summed E-state index contributed by atoms with van der Waals surface area (Å²) >= 11 is 3.01. The number of rotatable bonds is 4. The van der Waals surface area contributed by atoms with Crippen LogP contribution in [0.5, 0.6) is 0 Å². The maximum absolute atomic E-state index is 12.5. The number of benzene rings is 1. The largest absolute Gasteiger partial charge is 0.300 e. The van der Waals surface area contributed by atoms with Gasteiger partial charge in [-0.1, -0.05) is 12.1 Å². The van der Waals surface area contributed by atoms with E-state index in [1.54, 1.807) is 35.6 Å². The average Bonchev–Trinajstić information content (AvgIpc) is 3.25. The molecule has 0 saturated heterocycles. The molecule has 0 saturated carbocycles. The number of fused-ring (bicyclic) bond motifs is 1. The molecule has 0 aliphatic heterocycles. The van der Waals surface area contributed by atoms with Gasteiger partial charge in [0.25, 0.3) is 11.1 Å². The van der Waals surface area contributed by atoms with Crippen molar-refractivity contribution in [2.45, 2.75) is 20.4 Å². The summed E-state index contributed by atoms with van der Waals surface area (Å²) in [5.74, 6) is -0.438. The zero-order valence-electron chi connectivity index (χ0n) is 15.1. The maximum atomic E-state index is 12.5. The van der Waals surface area contributed by atoms with Crippen LogP contribution in [0.25, 0.3) is 22.0 Å². The molecule has 0 aliphatic rings. The number of nitrogens with one attached hydrogen (secondary N) is 2. The van der Waals surface area contributed by atoms with Crippen molar-refractivity contribution in [3.63, 3.8) is 0 Å². The highest BCUT2D eigenvalue weighted by molar-refractivity contribution is 7.14. The highest BCUT2D eigenvalue weighted by Crippen LogP contribution is 2.32. The Labute approximate surface area is 167 Å². The van der Waals surface area contributed by atoms with Crippen molar-refractivity contribution >= 4 is 44.5 Å². The third kappa shape index (κ3) is 3.41. The summed E-state index contributed by atoms with van der Waals surface area (Å²) in [4.78, 5) is 43.8. The minimum Gasteiger partial charge on any atom is -0.300 e. The first-order valence-electron chi connectivity index (χ1n) is 8.47. The van der Waals surface area contributed by atoms with E-state index in [1.807, 2.05) is 19.2 Å². The Morgan fingerprint density at radius 3 is 2.68 bits per heavy atom. The smallest absolute Gasteiger partial charge is 0.273 e. The van der Waals surface area contributed by atoms with E-state index in [1.165, 1.54) is 21.1 Å². The molecule has 3 heterocycles. The Balaban J connectivity index is 1.55. The molecule has 0 radical (unpaired) electrons. The van der Waals surface area contributed by atoms with E-state index in [2.05, 4.69) is 21.5 Å². The number of H-pyrrole nitrogens is 1. The Hall–Kier alpha value is -3.04. The predicted molar refractivity (Wildman–Crippen MR) is 112 cm³/mol. The molecule has 28 heavy (non-hydrogen) atoms. The monoisotopic (exact) mass is 412 g/mol. The molecule has 0 unspecified atom stereocenters. The first-order chi connectivity index (χ1) is 13.4. The number of nitrogens with zero attached hydrogens (tertiary/aromatic N) is 2. The minimum atomic E-state index is -0.438. The lowest BCUT2D eigenvalue weighted by Gasteiger charge is -2.06. The maximum Gasteiger partial charge on any atom is 0.273 e. The summed E-state index contributed by atoms with van der Waals surface area (Å²) < 4.78 is 1.01. The van der Waals surface area contributed by atoms with Crippen LogP contribution >= 0.6 is 22.7 Å². The zero-order valence-corrected chi connectivity index (χ0v) is 16.7. The second kappa shape index (κ2) is 7.17. The van der Waals surface area contributed by atoms with Crippen LogP contribution in [0.2, 0.25) is 0 Å². The summed E-state index contributed by atoms with van der Waals surface area (Å²) in [6.07, 6.45) is 0. The Morgan fingerprint density at radius 2 is 1.96 bits per heavy atom. The fourth-order valence-electron chi connectivity index (χ4n) is 3.00. The van der Waals surface area contributed by atoms with Crippen molar-refractivity contribution in [2.24, 2.45) is 0 Å². The molecule has 0 aliphatic carbocycles. The van der Waals surface area contributed by atoms with Gasteiger partial charge >= 0.3 is 0 Å². The summed E-state index contributed by atoms with van der Waals surface area (Å²) in [6.45, 7) is 3.77. The van der Waals surface area contributed by atoms with Crippen LogP contribution in [0.4, 0.5) is 5.13 Å². The summed E-state index contributed by atoms with van der Waals surface area (Å²) in [5.41, 5.74) is 1.02. The lowest BCUT2D eigenvalue weighted by atomic mass is 10.2. The Kier molecular flexibility index (Phi) is 4.70. The lowest BCUT2D eigenvalue weighted by Crippen LogP contribution is -2.34. The third-order valence-electron chi connectivity index (χ3n) is 4.25. The number of hydrogen-bond acceptors (Lipinski definition) is 6. The number of carbonyl (C=O) groups is 1. The molecule has 0 fully saturated rings. The summed E-state index contributed by atoms with van der Waals surface area (Å²) in [7, 11) is 0. The highest BCUT2D eigenvalue weighted by atomic mass is 32.1. The molecule has 0 bridgehead atoms. The van der Waals surface area contributed by atoms with E-state index in [4.69, 9.17) is 0 Å². The van der Waals surface area contributed by atoms with Gasteiger partial charge in [-0.3, -0.25) is 19.5 Å². The van der Waals surface area contributed by atoms with Gasteiger partial charge in [0.1, 0.15) is 6.54 Å². The van der Waals surface area contributed by atoms with E-state index in [9.17, 15) is 14.4 Å². The molecule has 4 aromatic rings. The molecule has 142 valence electrons. The summed E-state index contributed by atoms with van der Waals surface area (Å²) in [5, 5.41) is 8.05. The average molecular weight is 412 g/mol. The summed E-state index contributed by atoms with van der Waals surface area (Å²) in [6, 6.07) is 8.58.